The first-order valence-corrected chi connectivity index (χ1v) is 10.2. The number of rotatable bonds is 5. The summed E-state index contributed by atoms with van der Waals surface area (Å²) in [5, 5.41) is 10.9. The van der Waals surface area contributed by atoms with Crippen LogP contribution in [-0.2, 0) is 27.5 Å². The van der Waals surface area contributed by atoms with Crippen molar-refractivity contribution < 1.29 is 19.2 Å². The Bertz CT molecular complexity index is 1220. The number of hydrogen-bond acceptors (Lipinski definition) is 7. The Balaban J connectivity index is 1.45. The maximum Gasteiger partial charge on any atom is 0.345 e. The lowest BCUT2D eigenvalue weighted by molar-refractivity contribution is -0.137. The van der Waals surface area contributed by atoms with Crippen LogP contribution >= 0.6 is 0 Å². The maximum atomic E-state index is 13.0. The first-order valence-electron chi connectivity index (χ1n) is 10.2. The van der Waals surface area contributed by atoms with Gasteiger partial charge in [-0.1, -0.05) is 24.3 Å². The zero-order chi connectivity index (χ0) is 23.5. The maximum absolute atomic E-state index is 13.0. The summed E-state index contributed by atoms with van der Waals surface area (Å²) in [6.07, 6.45) is 0.755. The number of aromatic nitrogens is 3. The Labute approximate surface area is 186 Å². The van der Waals surface area contributed by atoms with Gasteiger partial charge < -0.3 is 15.5 Å². The van der Waals surface area contributed by atoms with E-state index < -0.39 is 35.1 Å². The van der Waals surface area contributed by atoms with E-state index in [1.807, 2.05) is 29.2 Å². The summed E-state index contributed by atoms with van der Waals surface area (Å²) in [7, 11) is 0. The van der Waals surface area contributed by atoms with Gasteiger partial charge in [0.15, 0.2) is 0 Å². The smallest absolute Gasteiger partial charge is 0.345 e. The molecule has 33 heavy (non-hydrogen) atoms. The number of hydrogen-bond donors (Lipinski definition) is 4. The number of imide groups is 1. The third-order valence-corrected chi connectivity index (χ3v) is 5.47. The highest BCUT2D eigenvalue weighted by atomic mass is 16.2. The van der Waals surface area contributed by atoms with Gasteiger partial charge >= 0.3 is 11.7 Å². The average Bonchev–Trinajstić information content (AvgIpc) is 2.78. The second-order valence-electron chi connectivity index (χ2n) is 7.79. The molecule has 172 valence electrons. The number of carbonyl (C=O) groups excluding carboxylic acids is 4. The normalized spacial score (nSPS) is 19.8. The van der Waals surface area contributed by atoms with Crippen molar-refractivity contribution >= 4 is 23.8 Å². The quantitative estimate of drug-likeness (QED) is 0.394. The number of H-pyrrole nitrogens is 1. The van der Waals surface area contributed by atoms with Crippen molar-refractivity contribution in [3.63, 3.8) is 0 Å². The van der Waals surface area contributed by atoms with Crippen LogP contribution in [0.15, 0.2) is 40.1 Å². The molecule has 2 atom stereocenters. The number of amides is 5. The van der Waals surface area contributed by atoms with E-state index in [4.69, 9.17) is 0 Å². The van der Waals surface area contributed by atoms with Gasteiger partial charge in [-0.2, -0.15) is 5.10 Å². The third-order valence-electron chi connectivity index (χ3n) is 5.47. The SMILES string of the molecule is O=C(Cn1ncc(=O)[nH]c1=O)NCC1CN(C(=O)[C@@H]2CC(=O)NC(=O)N2)Cc2ccccc21. The van der Waals surface area contributed by atoms with E-state index in [0.29, 0.717) is 6.54 Å². The number of benzene rings is 1. The van der Waals surface area contributed by atoms with Crippen LogP contribution < -0.4 is 27.2 Å². The van der Waals surface area contributed by atoms with E-state index in [2.05, 4.69) is 21.0 Å². The minimum atomic E-state index is -0.954. The highest BCUT2D eigenvalue weighted by molar-refractivity contribution is 6.02. The second-order valence-corrected chi connectivity index (χ2v) is 7.79. The first-order chi connectivity index (χ1) is 15.8. The molecule has 0 saturated carbocycles. The molecule has 1 aromatic carbocycles. The van der Waals surface area contributed by atoms with Crippen LogP contribution in [0.2, 0.25) is 0 Å². The van der Waals surface area contributed by atoms with Crippen molar-refractivity contribution in [3.05, 3.63) is 62.4 Å². The van der Waals surface area contributed by atoms with E-state index in [1.165, 1.54) is 0 Å². The second kappa shape index (κ2) is 9.06. The lowest BCUT2D eigenvalue weighted by Gasteiger charge is -2.37. The van der Waals surface area contributed by atoms with E-state index >= 15 is 0 Å². The van der Waals surface area contributed by atoms with Crippen LogP contribution in [0.4, 0.5) is 4.79 Å². The zero-order valence-electron chi connectivity index (χ0n) is 17.4. The molecule has 13 nitrogen and oxygen atoms in total. The number of carbonyl (C=O) groups is 4. The van der Waals surface area contributed by atoms with Gasteiger partial charge in [-0.3, -0.25) is 29.5 Å². The van der Waals surface area contributed by atoms with Gasteiger partial charge in [0.05, 0.1) is 6.42 Å². The summed E-state index contributed by atoms with van der Waals surface area (Å²) >= 11 is 0. The number of aromatic amines is 1. The van der Waals surface area contributed by atoms with E-state index in [1.54, 1.807) is 4.90 Å². The van der Waals surface area contributed by atoms with Crippen LogP contribution in [0.1, 0.15) is 23.5 Å². The molecule has 3 heterocycles. The molecule has 4 rings (SSSR count). The molecule has 1 aromatic heterocycles. The summed E-state index contributed by atoms with van der Waals surface area (Å²) in [5.41, 5.74) is 0.399. The summed E-state index contributed by atoms with van der Waals surface area (Å²) in [6.45, 7) is 0.371. The molecule has 1 unspecified atom stereocenters. The van der Waals surface area contributed by atoms with Gasteiger partial charge in [0.25, 0.3) is 5.56 Å². The molecule has 13 heteroatoms. The summed E-state index contributed by atoms with van der Waals surface area (Å²) in [6, 6.07) is 5.83. The summed E-state index contributed by atoms with van der Waals surface area (Å²) in [5.74, 6) is -1.65. The van der Waals surface area contributed by atoms with Gasteiger partial charge in [0.2, 0.25) is 17.7 Å². The van der Waals surface area contributed by atoms with Gasteiger partial charge in [0, 0.05) is 25.6 Å². The minimum absolute atomic E-state index is 0.148. The number of urea groups is 1. The van der Waals surface area contributed by atoms with Crippen molar-refractivity contribution in [2.24, 2.45) is 0 Å². The van der Waals surface area contributed by atoms with Gasteiger partial charge in [0.1, 0.15) is 18.8 Å². The van der Waals surface area contributed by atoms with Crippen LogP contribution in [-0.4, -0.2) is 62.5 Å². The number of fused-ring (bicyclic) bond motifs is 1. The van der Waals surface area contributed by atoms with E-state index in [9.17, 15) is 28.8 Å². The Morgan fingerprint density at radius 2 is 1.94 bits per heavy atom. The fraction of sp³-hybridized carbons (Fsp3) is 0.350. The first kappa shape index (κ1) is 21.9. The van der Waals surface area contributed by atoms with Gasteiger partial charge in [-0.05, 0) is 11.1 Å². The van der Waals surface area contributed by atoms with Crippen molar-refractivity contribution in [2.75, 3.05) is 13.1 Å². The molecular weight excluding hydrogens is 434 g/mol. The van der Waals surface area contributed by atoms with Crippen LogP contribution in [0.25, 0.3) is 0 Å². The monoisotopic (exact) mass is 455 g/mol. The lowest BCUT2D eigenvalue weighted by atomic mass is 9.89. The topological polar surface area (TPSA) is 175 Å². The van der Waals surface area contributed by atoms with Crippen molar-refractivity contribution in [1.29, 1.82) is 0 Å². The molecule has 2 aromatic rings. The molecule has 0 aliphatic carbocycles. The number of nitrogens with zero attached hydrogens (tertiary/aromatic N) is 3. The Morgan fingerprint density at radius 3 is 2.70 bits per heavy atom. The highest BCUT2D eigenvalue weighted by Crippen LogP contribution is 2.28. The highest BCUT2D eigenvalue weighted by Gasteiger charge is 2.35. The molecule has 2 aliphatic heterocycles. The number of nitrogens with one attached hydrogen (secondary N) is 4. The van der Waals surface area contributed by atoms with Crippen LogP contribution in [0, 0.1) is 0 Å². The predicted octanol–water partition coefficient (Wildman–Crippen LogP) is -2.23. The standard InChI is InChI=1S/C20H21N7O6/c28-15-5-14(23-19(32)24-15)18(31)26-8-11-3-1-2-4-13(11)12(9-26)6-21-17(30)10-27-20(33)25-16(29)7-22-27/h1-4,7,12,14H,5-6,8-10H2,(H,21,30)(H,25,29,33)(H2,23,24,28,32)/t12?,14-/m0/s1. The molecular formula is C20H21N7O6. The average molecular weight is 455 g/mol. The van der Waals surface area contributed by atoms with Crippen molar-refractivity contribution in [3.8, 4) is 0 Å². The summed E-state index contributed by atoms with van der Waals surface area (Å²) in [4.78, 5) is 75.0. The van der Waals surface area contributed by atoms with E-state index in [0.717, 1.165) is 22.0 Å². The molecule has 5 amide bonds. The van der Waals surface area contributed by atoms with Gasteiger partial charge in [-0.15, -0.1) is 0 Å². The fourth-order valence-electron chi connectivity index (χ4n) is 3.95. The molecule has 0 spiro atoms. The molecule has 0 bridgehead atoms. The predicted molar refractivity (Wildman–Crippen MR) is 112 cm³/mol. The third kappa shape index (κ3) is 4.97. The Hall–Kier alpha value is -4.29. The van der Waals surface area contributed by atoms with Crippen LogP contribution in [0.5, 0.6) is 0 Å². The molecule has 0 radical (unpaired) electrons. The van der Waals surface area contributed by atoms with Crippen molar-refractivity contribution in [1.82, 2.24) is 35.6 Å². The zero-order valence-corrected chi connectivity index (χ0v) is 17.4. The lowest BCUT2D eigenvalue weighted by Crippen LogP contribution is -2.59. The van der Waals surface area contributed by atoms with Crippen molar-refractivity contribution in [2.45, 2.75) is 31.5 Å². The Morgan fingerprint density at radius 1 is 1.15 bits per heavy atom. The molecule has 1 fully saturated rings. The summed E-state index contributed by atoms with van der Waals surface area (Å²) < 4.78 is 0.832. The van der Waals surface area contributed by atoms with Crippen LogP contribution in [0.3, 0.4) is 0 Å². The molecule has 4 N–H and O–H groups in total. The minimum Gasteiger partial charge on any atom is -0.354 e. The Kier molecular flexibility index (Phi) is 6.02. The molecule has 2 aliphatic rings. The molecule has 1 saturated heterocycles. The van der Waals surface area contributed by atoms with Gasteiger partial charge in [-0.25, -0.2) is 14.3 Å². The largest absolute Gasteiger partial charge is 0.354 e. The fourth-order valence-corrected chi connectivity index (χ4v) is 3.95. The van der Waals surface area contributed by atoms with E-state index in [-0.39, 0.29) is 37.9 Å².